The fourth-order valence-electron chi connectivity index (χ4n) is 2.06. The molecule has 0 saturated heterocycles. The van der Waals surface area contributed by atoms with Crippen molar-refractivity contribution < 1.29 is 4.74 Å². The predicted octanol–water partition coefficient (Wildman–Crippen LogP) is 2.58. The van der Waals surface area contributed by atoms with Gasteiger partial charge in [0.15, 0.2) is 11.4 Å². The maximum Gasteiger partial charge on any atom is 0.258 e. The SMILES string of the molecule is Cc1cc(=O)n2cccc(OCc3ccccc3)c2n1. The standard InChI is InChI=1S/C16H14N2O2/c1-12-10-15(19)18-9-5-8-14(16(18)17-12)20-11-13-6-3-2-4-7-13/h2-10H,11H2,1H3. The Labute approximate surface area is 116 Å². The Bertz CT molecular complexity index is 794. The normalized spacial score (nSPS) is 10.7. The quantitative estimate of drug-likeness (QED) is 0.732. The van der Waals surface area contributed by atoms with Crippen LogP contribution in [0.15, 0.2) is 59.5 Å². The van der Waals surface area contributed by atoms with E-state index in [9.17, 15) is 4.79 Å². The monoisotopic (exact) mass is 266 g/mol. The number of ether oxygens (including phenoxy) is 1. The van der Waals surface area contributed by atoms with E-state index in [-0.39, 0.29) is 5.56 Å². The van der Waals surface area contributed by atoms with E-state index in [1.165, 1.54) is 10.5 Å². The van der Waals surface area contributed by atoms with Crippen molar-refractivity contribution in [2.45, 2.75) is 13.5 Å². The molecule has 3 rings (SSSR count). The second-order valence-electron chi connectivity index (χ2n) is 4.58. The van der Waals surface area contributed by atoms with Crippen LogP contribution in [0.4, 0.5) is 0 Å². The molecule has 0 radical (unpaired) electrons. The van der Waals surface area contributed by atoms with Gasteiger partial charge in [-0.25, -0.2) is 4.98 Å². The van der Waals surface area contributed by atoms with E-state index in [4.69, 9.17) is 4.74 Å². The number of nitrogens with zero attached hydrogens (tertiary/aromatic N) is 2. The van der Waals surface area contributed by atoms with Crippen LogP contribution in [0.2, 0.25) is 0 Å². The van der Waals surface area contributed by atoms with Gasteiger partial charge >= 0.3 is 0 Å². The highest BCUT2D eigenvalue weighted by Crippen LogP contribution is 2.17. The van der Waals surface area contributed by atoms with Crippen molar-refractivity contribution in [3.8, 4) is 5.75 Å². The van der Waals surface area contributed by atoms with E-state index in [0.29, 0.717) is 23.7 Å². The first-order chi connectivity index (χ1) is 9.74. The van der Waals surface area contributed by atoms with E-state index in [0.717, 1.165) is 5.56 Å². The molecule has 4 heteroatoms. The van der Waals surface area contributed by atoms with Crippen molar-refractivity contribution in [1.29, 1.82) is 0 Å². The molecule has 0 unspecified atom stereocenters. The lowest BCUT2D eigenvalue weighted by molar-refractivity contribution is 0.308. The molecular weight excluding hydrogens is 252 g/mol. The molecule has 0 aliphatic rings. The summed E-state index contributed by atoms with van der Waals surface area (Å²) in [5.74, 6) is 0.608. The van der Waals surface area contributed by atoms with E-state index < -0.39 is 0 Å². The Hall–Kier alpha value is -2.62. The number of hydrogen-bond acceptors (Lipinski definition) is 3. The van der Waals surface area contributed by atoms with Crippen LogP contribution in [0.25, 0.3) is 5.65 Å². The molecule has 100 valence electrons. The van der Waals surface area contributed by atoms with Crippen LogP contribution in [0.5, 0.6) is 5.75 Å². The van der Waals surface area contributed by atoms with Gasteiger partial charge < -0.3 is 4.74 Å². The third kappa shape index (κ3) is 2.40. The van der Waals surface area contributed by atoms with Crippen LogP contribution in [0.3, 0.4) is 0 Å². The summed E-state index contributed by atoms with van der Waals surface area (Å²) >= 11 is 0. The Morgan fingerprint density at radius 2 is 1.95 bits per heavy atom. The first-order valence-electron chi connectivity index (χ1n) is 6.40. The highest BCUT2D eigenvalue weighted by molar-refractivity contribution is 5.53. The molecule has 1 aromatic carbocycles. The van der Waals surface area contributed by atoms with Gasteiger partial charge in [0, 0.05) is 18.0 Å². The molecule has 0 atom stereocenters. The van der Waals surface area contributed by atoms with Crippen molar-refractivity contribution in [3.63, 3.8) is 0 Å². The van der Waals surface area contributed by atoms with E-state index in [1.807, 2.05) is 36.4 Å². The minimum atomic E-state index is -0.0994. The van der Waals surface area contributed by atoms with Crippen LogP contribution in [0, 0.1) is 6.92 Å². The third-order valence-corrected chi connectivity index (χ3v) is 3.02. The summed E-state index contributed by atoms with van der Waals surface area (Å²) in [6, 6.07) is 15.0. The number of rotatable bonds is 3. The molecule has 4 nitrogen and oxygen atoms in total. The first kappa shape index (κ1) is 12.4. The zero-order chi connectivity index (χ0) is 13.9. The summed E-state index contributed by atoms with van der Waals surface area (Å²) in [5.41, 5.74) is 2.21. The van der Waals surface area contributed by atoms with E-state index in [1.54, 1.807) is 19.2 Å². The lowest BCUT2D eigenvalue weighted by Gasteiger charge is -2.09. The van der Waals surface area contributed by atoms with E-state index in [2.05, 4.69) is 4.98 Å². The summed E-state index contributed by atoms with van der Waals surface area (Å²) in [5, 5.41) is 0. The Morgan fingerprint density at radius 3 is 2.75 bits per heavy atom. The molecule has 0 amide bonds. The van der Waals surface area contributed by atoms with Gasteiger partial charge in [-0.3, -0.25) is 9.20 Å². The fourth-order valence-corrected chi connectivity index (χ4v) is 2.06. The molecule has 2 aromatic heterocycles. The summed E-state index contributed by atoms with van der Waals surface area (Å²) in [6.45, 7) is 2.25. The number of aryl methyl sites for hydroxylation is 1. The Kier molecular flexibility index (Phi) is 3.21. The maximum absolute atomic E-state index is 11.9. The lowest BCUT2D eigenvalue weighted by Crippen LogP contribution is -2.15. The highest BCUT2D eigenvalue weighted by Gasteiger charge is 2.06. The van der Waals surface area contributed by atoms with Crippen molar-refractivity contribution in [2.24, 2.45) is 0 Å². The lowest BCUT2D eigenvalue weighted by atomic mass is 10.2. The van der Waals surface area contributed by atoms with Crippen molar-refractivity contribution in [3.05, 3.63) is 76.3 Å². The van der Waals surface area contributed by atoms with Gasteiger partial charge in [-0.15, -0.1) is 0 Å². The largest absolute Gasteiger partial charge is 0.485 e. The minimum absolute atomic E-state index is 0.0994. The van der Waals surface area contributed by atoms with Crippen molar-refractivity contribution >= 4 is 5.65 Å². The van der Waals surface area contributed by atoms with Gasteiger partial charge in [0.2, 0.25) is 0 Å². The third-order valence-electron chi connectivity index (χ3n) is 3.02. The number of pyridine rings is 1. The predicted molar refractivity (Wildman–Crippen MR) is 77.0 cm³/mol. The summed E-state index contributed by atoms with van der Waals surface area (Å²) in [6.07, 6.45) is 1.69. The molecule has 3 aromatic rings. The van der Waals surface area contributed by atoms with Gasteiger partial charge in [0.1, 0.15) is 6.61 Å². The van der Waals surface area contributed by atoms with Crippen molar-refractivity contribution in [2.75, 3.05) is 0 Å². The molecule has 0 N–H and O–H groups in total. The highest BCUT2D eigenvalue weighted by atomic mass is 16.5. The number of benzene rings is 1. The molecule has 0 spiro atoms. The zero-order valence-electron chi connectivity index (χ0n) is 11.1. The molecule has 0 saturated carbocycles. The summed E-state index contributed by atoms with van der Waals surface area (Å²) in [7, 11) is 0. The number of aromatic nitrogens is 2. The van der Waals surface area contributed by atoms with Crippen molar-refractivity contribution in [1.82, 2.24) is 9.38 Å². The van der Waals surface area contributed by atoms with E-state index >= 15 is 0 Å². The Morgan fingerprint density at radius 1 is 1.15 bits per heavy atom. The summed E-state index contributed by atoms with van der Waals surface area (Å²) < 4.78 is 7.29. The average Bonchev–Trinajstić information content (AvgIpc) is 2.46. The molecular formula is C16H14N2O2. The molecule has 0 fully saturated rings. The topological polar surface area (TPSA) is 43.6 Å². The second kappa shape index (κ2) is 5.17. The number of fused-ring (bicyclic) bond motifs is 1. The number of hydrogen-bond donors (Lipinski definition) is 0. The first-order valence-corrected chi connectivity index (χ1v) is 6.40. The zero-order valence-corrected chi connectivity index (χ0v) is 11.1. The second-order valence-corrected chi connectivity index (χ2v) is 4.58. The van der Waals surface area contributed by atoms with Gasteiger partial charge in [-0.2, -0.15) is 0 Å². The fraction of sp³-hybridized carbons (Fsp3) is 0.125. The van der Waals surface area contributed by atoms with Crippen LogP contribution in [0.1, 0.15) is 11.3 Å². The van der Waals surface area contributed by atoms with Gasteiger partial charge in [0.25, 0.3) is 5.56 Å². The molecule has 0 aliphatic heterocycles. The molecule has 0 aliphatic carbocycles. The average molecular weight is 266 g/mol. The van der Waals surface area contributed by atoms with Gasteiger partial charge in [0.05, 0.1) is 0 Å². The van der Waals surface area contributed by atoms with Gasteiger partial charge in [-0.1, -0.05) is 30.3 Å². The smallest absolute Gasteiger partial charge is 0.258 e. The minimum Gasteiger partial charge on any atom is -0.485 e. The Balaban J connectivity index is 1.98. The molecule has 20 heavy (non-hydrogen) atoms. The molecule has 0 bridgehead atoms. The van der Waals surface area contributed by atoms with Crippen LogP contribution < -0.4 is 10.3 Å². The van der Waals surface area contributed by atoms with Crippen LogP contribution >= 0.6 is 0 Å². The molecule has 2 heterocycles. The summed E-state index contributed by atoms with van der Waals surface area (Å²) in [4.78, 5) is 16.3. The maximum atomic E-state index is 11.9. The van der Waals surface area contributed by atoms with Crippen LogP contribution in [-0.2, 0) is 6.61 Å². The van der Waals surface area contributed by atoms with Crippen LogP contribution in [-0.4, -0.2) is 9.38 Å². The van der Waals surface area contributed by atoms with Gasteiger partial charge in [-0.05, 0) is 24.6 Å².